The van der Waals surface area contributed by atoms with Crippen molar-refractivity contribution in [2.75, 3.05) is 23.0 Å². The molecule has 33 heavy (non-hydrogen) atoms. The van der Waals surface area contributed by atoms with E-state index in [0.29, 0.717) is 46.4 Å². The second-order valence-electron chi connectivity index (χ2n) is 8.09. The molecule has 0 saturated heterocycles. The minimum absolute atomic E-state index is 0.347. The minimum Gasteiger partial charge on any atom is -0.494 e. The summed E-state index contributed by atoms with van der Waals surface area (Å²) in [4.78, 5) is 30.7. The molecule has 2 heterocycles. The van der Waals surface area contributed by atoms with Crippen LogP contribution in [0.4, 0.5) is 11.4 Å². The second kappa shape index (κ2) is 8.41. The van der Waals surface area contributed by atoms with Crippen LogP contribution in [-0.2, 0) is 16.0 Å². The van der Waals surface area contributed by atoms with E-state index >= 15 is 0 Å². The van der Waals surface area contributed by atoms with Crippen LogP contribution in [0.1, 0.15) is 23.6 Å². The molecular weight excluding hydrogens is 436 g/mol. The summed E-state index contributed by atoms with van der Waals surface area (Å²) in [6.45, 7) is 4.99. The number of hydrogen-bond donors (Lipinski definition) is 0. The Morgan fingerprint density at radius 1 is 0.970 bits per heavy atom. The predicted octanol–water partition coefficient (Wildman–Crippen LogP) is 5.39. The molecule has 0 aromatic heterocycles. The summed E-state index contributed by atoms with van der Waals surface area (Å²) in [5.41, 5.74) is 4.92. The van der Waals surface area contributed by atoms with E-state index in [1.165, 1.54) is 4.90 Å². The first-order chi connectivity index (χ1) is 16.0. The lowest BCUT2D eigenvalue weighted by Gasteiger charge is -2.22. The smallest absolute Gasteiger partial charge is 0.282 e. The molecule has 2 amide bonds. The highest BCUT2D eigenvalue weighted by atomic mass is 35.5. The number of ether oxygens (including phenoxy) is 1. The van der Waals surface area contributed by atoms with E-state index < -0.39 is 0 Å². The lowest BCUT2D eigenvalue weighted by atomic mass is 10.0. The van der Waals surface area contributed by atoms with E-state index in [0.717, 1.165) is 23.2 Å². The van der Waals surface area contributed by atoms with Gasteiger partial charge in [-0.15, -0.1) is 0 Å². The van der Waals surface area contributed by atoms with Crippen molar-refractivity contribution < 1.29 is 14.3 Å². The third kappa shape index (κ3) is 3.58. The number of fused-ring (bicyclic) bond motifs is 1. The molecule has 0 unspecified atom stereocenters. The average molecular weight is 459 g/mol. The molecule has 0 spiro atoms. The van der Waals surface area contributed by atoms with E-state index in [9.17, 15) is 9.59 Å². The predicted molar refractivity (Wildman–Crippen MR) is 131 cm³/mol. The molecule has 0 aliphatic carbocycles. The maximum atomic E-state index is 13.8. The number of anilines is 2. The summed E-state index contributed by atoms with van der Waals surface area (Å²) in [6, 6.07) is 20.6. The molecule has 0 atom stereocenters. The summed E-state index contributed by atoms with van der Waals surface area (Å²) in [5.74, 6) is 0.0119. The van der Waals surface area contributed by atoms with Gasteiger partial charge in [-0.05, 0) is 67.3 Å². The molecule has 0 saturated carbocycles. The van der Waals surface area contributed by atoms with Crippen LogP contribution in [-0.4, -0.2) is 25.0 Å². The van der Waals surface area contributed by atoms with Crippen LogP contribution in [0.2, 0.25) is 5.02 Å². The maximum absolute atomic E-state index is 13.8. The van der Waals surface area contributed by atoms with E-state index in [4.69, 9.17) is 16.3 Å². The zero-order valence-corrected chi connectivity index (χ0v) is 19.2. The molecule has 0 bridgehead atoms. The molecule has 2 aliphatic heterocycles. The highest BCUT2D eigenvalue weighted by molar-refractivity contribution is 6.46. The average Bonchev–Trinajstić information content (AvgIpc) is 3.34. The summed E-state index contributed by atoms with van der Waals surface area (Å²) >= 11 is 6.33. The van der Waals surface area contributed by atoms with Crippen molar-refractivity contribution in [3.8, 4) is 5.75 Å². The van der Waals surface area contributed by atoms with Gasteiger partial charge >= 0.3 is 0 Å². The maximum Gasteiger partial charge on any atom is 0.282 e. The van der Waals surface area contributed by atoms with Gasteiger partial charge in [0, 0.05) is 17.3 Å². The van der Waals surface area contributed by atoms with Crippen molar-refractivity contribution in [3.63, 3.8) is 0 Å². The molecule has 2 aliphatic rings. The van der Waals surface area contributed by atoms with Gasteiger partial charge in [0.15, 0.2) is 0 Å². The van der Waals surface area contributed by atoms with E-state index in [1.54, 1.807) is 12.1 Å². The van der Waals surface area contributed by atoms with Crippen LogP contribution >= 0.6 is 11.6 Å². The first-order valence-corrected chi connectivity index (χ1v) is 11.3. The van der Waals surface area contributed by atoms with Crippen LogP contribution in [0.25, 0.3) is 5.57 Å². The molecule has 6 heteroatoms. The number of carbonyl (C=O) groups is 2. The Labute approximate surface area is 197 Å². The zero-order chi connectivity index (χ0) is 23.1. The highest BCUT2D eigenvalue weighted by Gasteiger charge is 2.44. The number of benzene rings is 3. The fourth-order valence-electron chi connectivity index (χ4n) is 4.44. The monoisotopic (exact) mass is 458 g/mol. The molecule has 3 aromatic carbocycles. The molecule has 5 rings (SSSR count). The van der Waals surface area contributed by atoms with Crippen molar-refractivity contribution in [2.24, 2.45) is 0 Å². The number of nitrogens with zero attached hydrogens (tertiary/aromatic N) is 2. The van der Waals surface area contributed by atoms with Crippen molar-refractivity contribution in [2.45, 2.75) is 20.3 Å². The number of imide groups is 1. The Morgan fingerprint density at radius 2 is 1.73 bits per heavy atom. The zero-order valence-electron chi connectivity index (χ0n) is 18.5. The molecular formula is C27H23ClN2O3. The third-order valence-electron chi connectivity index (χ3n) is 6.08. The van der Waals surface area contributed by atoms with Gasteiger partial charge in [-0.1, -0.05) is 48.0 Å². The summed E-state index contributed by atoms with van der Waals surface area (Å²) in [5, 5.41) is 0.510. The van der Waals surface area contributed by atoms with Crippen molar-refractivity contribution >= 4 is 40.4 Å². The minimum atomic E-state index is -0.358. The van der Waals surface area contributed by atoms with Gasteiger partial charge < -0.3 is 9.64 Å². The second-order valence-corrected chi connectivity index (χ2v) is 8.50. The normalized spacial score (nSPS) is 15.5. The summed E-state index contributed by atoms with van der Waals surface area (Å²) < 4.78 is 5.56. The van der Waals surface area contributed by atoms with Gasteiger partial charge in [-0.3, -0.25) is 9.59 Å². The highest BCUT2D eigenvalue weighted by Crippen LogP contribution is 2.40. The van der Waals surface area contributed by atoms with Gasteiger partial charge in [0.05, 0.1) is 17.9 Å². The summed E-state index contributed by atoms with van der Waals surface area (Å²) in [7, 11) is 0. The molecule has 5 nitrogen and oxygen atoms in total. The van der Waals surface area contributed by atoms with Crippen LogP contribution in [0.15, 0.2) is 72.4 Å². The number of hydrogen-bond acceptors (Lipinski definition) is 4. The Morgan fingerprint density at radius 3 is 2.45 bits per heavy atom. The van der Waals surface area contributed by atoms with E-state index in [-0.39, 0.29) is 11.8 Å². The number of para-hydroxylation sites is 1. The summed E-state index contributed by atoms with van der Waals surface area (Å²) in [6.07, 6.45) is 0.814. The fraction of sp³-hybridized carbons (Fsp3) is 0.185. The number of halogens is 1. The number of aryl methyl sites for hydroxylation is 1. The molecule has 166 valence electrons. The van der Waals surface area contributed by atoms with Gasteiger partial charge in [0.25, 0.3) is 11.8 Å². The molecule has 0 radical (unpaired) electrons. The Hall–Kier alpha value is -3.57. The van der Waals surface area contributed by atoms with Crippen LogP contribution in [0.5, 0.6) is 5.75 Å². The SMILES string of the molecule is CCOc1ccc(C2=C(N3CCc4ccccc43)C(=O)N(c3ccc(C)c(Cl)c3)C2=O)cc1. The Bertz CT molecular complexity index is 1300. The Balaban J connectivity index is 1.65. The lowest BCUT2D eigenvalue weighted by molar-refractivity contribution is -0.120. The van der Waals surface area contributed by atoms with Gasteiger partial charge in [0.1, 0.15) is 11.4 Å². The van der Waals surface area contributed by atoms with E-state index in [2.05, 4.69) is 6.07 Å². The lowest BCUT2D eigenvalue weighted by Crippen LogP contribution is -2.34. The molecule has 0 N–H and O–H groups in total. The van der Waals surface area contributed by atoms with Gasteiger partial charge in [-0.2, -0.15) is 0 Å². The third-order valence-corrected chi connectivity index (χ3v) is 6.49. The Kier molecular flexibility index (Phi) is 5.43. The van der Waals surface area contributed by atoms with Crippen molar-refractivity contribution in [3.05, 3.63) is 94.1 Å². The standard InChI is InChI=1S/C27H23ClN2O3/c1-3-33-21-12-9-19(10-13-21)24-25(29-15-14-18-6-4-5-7-23(18)29)27(32)30(26(24)31)20-11-8-17(2)22(28)16-20/h4-13,16H,3,14-15H2,1-2H3. The van der Waals surface area contributed by atoms with Crippen LogP contribution in [0, 0.1) is 6.92 Å². The number of rotatable bonds is 5. The topological polar surface area (TPSA) is 49.9 Å². The fourth-order valence-corrected chi connectivity index (χ4v) is 4.61. The quantitative estimate of drug-likeness (QED) is 0.481. The van der Waals surface area contributed by atoms with Crippen molar-refractivity contribution in [1.82, 2.24) is 0 Å². The number of carbonyl (C=O) groups excluding carboxylic acids is 2. The van der Waals surface area contributed by atoms with E-state index in [1.807, 2.05) is 67.3 Å². The van der Waals surface area contributed by atoms with Crippen LogP contribution < -0.4 is 14.5 Å². The number of amides is 2. The first-order valence-electron chi connectivity index (χ1n) is 11.0. The largest absolute Gasteiger partial charge is 0.494 e. The van der Waals surface area contributed by atoms with Crippen LogP contribution in [0.3, 0.4) is 0 Å². The molecule has 0 fully saturated rings. The van der Waals surface area contributed by atoms with Gasteiger partial charge in [-0.25, -0.2) is 4.90 Å². The van der Waals surface area contributed by atoms with Crippen molar-refractivity contribution in [1.29, 1.82) is 0 Å². The first kappa shape index (κ1) is 21.3. The van der Waals surface area contributed by atoms with Gasteiger partial charge in [0.2, 0.25) is 0 Å². The molecule has 3 aromatic rings.